The molecule has 0 spiro atoms. The molecule has 2 aromatic heterocycles. The molecule has 9 nitrogen and oxygen atoms in total. The van der Waals surface area contributed by atoms with Crippen LogP contribution in [-0.4, -0.2) is 52.2 Å². The van der Waals surface area contributed by atoms with Gasteiger partial charge in [-0.25, -0.2) is 4.98 Å². The molecule has 1 saturated carbocycles. The van der Waals surface area contributed by atoms with Crippen LogP contribution in [0.3, 0.4) is 0 Å². The Kier molecular flexibility index (Phi) is 6.46. The number of anilines is 1. The maximum Gasteiger partial charge on any atom is 0.270 e. The van der Waals surface area contributed by atoms with Gasteiger partial charge in [0.1, 0.15) is 35.4 Å². The predicted molar refractivity (Wildman–Crippen MR) is 131 cm³/mol. The number of aliphatic hydroxyl groups is 1. The number of fused-ring (bicyclic) bond motifs is 1. The number of carbonyl (C=O) groups is 2. The van der Waals surface area contributed by atoms with Crippen LogP contribution in [0.5, 0.6) is 17.2 Å². The van der Waals surface area contributed by atoms with Crippen LogP contribution < -0.4 is 19.7 Å². The first-order chi connectivity index (χ1) is 17.8. The average Bonchev–Trinajstić information content (AvgIpc) is 3.00. The zero-order valence-corrected chi connectivity index (χ0v) is 19.9. The lowest BCUT2D eigenvalue weighted by Crippen LogP contribution is -2.49. The summed E-state index contributed by atoms with van der Waals surface area (Å²) in [5, 5.41) is 12.9. The molecule has 3 heterocycles. The SMILES string of the molecule is CN1C(=O)[C@@H](NC(=O)c2cc(Oc3cccnc3F)ccn2)COc2ccc(C#CC3(O)CCC3)cc21. The van der Waals surface area contributed by atoms with Gasteiger partial charge >= 0.3 is 0 Å². The fourth-order valence-corrected chi connectivity index (χ4v) is 3.91. The van der Waals surface area contributed by atoms with Crippen LogP contribution in [0.2, 0.25) is 0 Å². The second kappa shape index (κ2) is 9.87. The Balaban J connectivity index is 1.29. The summed E-state index contributed by atoms with van der Waals surface area (Å²) in [4.78, 5) is 35.0. The Morgan fingerprint density at radius 1 is 1.24 bits per heavy atom. The van der Waals surface area contributed by atoms with Crippen molar-refractivity contribution in [3.05, 3.63) is 72.1 Å². The highest BCUT2D eigenvalue weighted by Gasteiger charge is 2.33. The summed E-state index contributed by atoms with van der Waals surface area (Å²) in [7, 11) is 1.58. The average molecular weight is 503 g/mol. The van der Waals surface area contributed by atoms with E-state index in [1.807, 2.05) is 0 Å². The summed E-state index contributed by atoms with van der Waals surface area (Å²) in [5.41, 5.74) is 0.172. The summed E-state index contributed by atoms with van der Waals surface area (Å²) in [6.07, 6.45) is 4.89. The number of nitrogens with zero attached hydrogens (tertiary/aromatic N) is 3. The number of hydrogen-bond acceptors (Lipinski definition) is 7. The van der Waals surface area contributed by atoms with E-state index < -0.39 is 23.5 Å². The molecule has 2 amide bonds. The van der Waals surface area contributed by atoms with Crippen molar-refractivity contribution in [2.75, 3.05) is 18.6 Å². The minimum Gasteiger partial charge on any atom is -0.489 e. The van der Waals surface area contributed by atoms with E-state index in [-0.39, 0.29) is 29.7 Å². The Labute approximate surface area is 212 Å². The molecule has 10 heteroatoms. The minimum absolute atomic E-state index is 0.0227. The van der Waals surface area contributed by atoms with E-state index in [0.717, 1.165) is 6.42 Å². The summed E-state index contributed by atoms with van der Waals surface area (Å²) >= 11 is 0. The lowest BCUT2D eigenvalue weighted by atomic mass is 9.81. The summed E-state index contributed by atoms with van der Waals surface area (Å²) in [5.74, 6) is 4.61. The maximum absolute atomic E-state index is 13.8. The van der Waals surface area contributed by atoms with Crippen LogP contribution in [0.4, 0.5) is 10.1 Å². The number of pyridine rings is 2. The molecule has 188 valence electrons. The van der Waals surface area contributed by atoms with Gasteiger partial charge in [0.25, 0.3) is 17.8 Å². The van der Waals surface area contributed by atoms with E-state index in [2.05, 4.69) is 27.1 Å². The molecule has 1 aliphatic carbocycles. The van der Waals surface area contributed by atoms with Crippen molar-refractivity contribution in [1.29, 1.82) is 0 Å². The predicted octanol–water partition coefficient (Wildman–Crippen LogP) is 2.83. The van der Waals surface area contributed by atoms with E-state index in [0.29, 0.717) is 29.8 Å². The van der Waals surface area contributed by atoms with Gasteiger partial charge in [-0.15, -0.1) is 0 Å². The van der Waals surface area contributed by atoms with Gasteiger partial charge in [0, 0.05) is 31.1 Å². The molecule has 1 atom stereocenters. The molecule has 0 saturated heterocycles. The highest BCUT2D eigenvalue weighted by molar-refractivity contribution is 6.03. The number of rotatable bonds is 4. The fraction of sp³-hybridized carbons (Fsp3) is 0.259. The molecule has 3 aromatic rings. The first-order valence-electron chi connectivity index (χ1n) is 11.7. The van der Waals surface area contributed by atoms with E-state index in [9.17, 15) is 19.1 Å². The first kappa shape index (κ1) is 24.2. The number of hydrogen-bond donors (Lipinski definition) is 2. The van der Waals surface area contributed by atoms with Gasteiger partial charge in [-0.05, 0) is 55.7 Å². The first-order valence-corrected chi connectivity index (χ1v) is 11.7. The monoisotopic (exact) mass is 502 g/mol. The van der Waals surface area contributed by atoms with Crippen LogP contribution in [0.15, 0.2) is 54.9 Å². The highest BCUT2D eigenvalue weighted by Crippen LogP contribution is 2.33. The van der Waals surface area contributed by atoms with Crippen molar-refractivity contribution in [3.63, 3.8) is 0 Å². The Bertz CT molecular complexity index is 1430. The Morgan fingerprint density at radius 3 is 2.84 bits per heavy atom. The van der Waals surface area contributed by atoms with Gasteiger partial charge in [0.15, 0.2) is 5.75 Å². The van der Waals surface area contributed by atoms with Crippen molar-refractivity contribution < 1.29 is 28.6 Å². The normalized spacial score (nSPS) is 17.8. The standard InChI is InChI=1S/C27H23FN4O5/c1-32-21-14-17(7-11-27(35)9-3-10-27)5-6-22(21)36-16-20(26(32)34)31-25(33)19-15-18(8-13-29-19)37-23-4-2-12-30-24(23)28/h2,4-6,8,12-15,20,35H,3,9-10,16H2,1H3,(H,31,33)/t20-/m0/s1. The molecule has 2 aliphatic rings. The number of aromatic nitrogens is 2. The van der Waals surface area contributed by atoms with Crippen LogP contribution in [0.25, 0.3) is 0 Å². The molecule has 1 aromatic carbocycles. The number of nitrogens with one attached hydrogen (secondary N) is 1. The second-order valence-electron chi connectivity index (χ2n) is 8.82. The lowest BCUT2D eigenvalue weighted by Gasteiger charge is -2.30. The lowest BCUT2D eigenvalue weighted by molar-refractivity contribution is -0.120. The number of ether oxygens (including phenoxy) is 2. The number of carbonyl (C=O) groups excluding carboxylic acids is 2. The number of halogens is 1. The number of benzene rings is 1. The topological polar surface area (TPSA) is 114 Å². The third-order valence-corrected chi connectivity index (χ3v) is 6.20. The number of likely N-dealkylation sites (N-methyl/N-ethyl adjacent to an activating group) is 1. The van der Waals surface area contributed by atoms with Gasteiger partial charge < -0.3 is 24.8 Å². The van der Waals surface area contributed by atoms with E-state index >= 15 is 0 Å². The van der Waals surface area contributed by atoms with Crippen molar-refractivity contribution in [2.45, 2.75) is 30.9 Å². The summed E-state index contributed by atoms with van der Waals surface area (Å²) < 4.78 is 25.1. The van der Waals surface area contributed by atoms with Gasteiger partial charge in [0.05, 0.1) is 5.69 Å². The third-order valence-electron chi connectivity index (χ3n) is 6.20. The quantitative estimate of drug-likeness (QED) is 0.417. The van der Waals surface area contributed by atoms with Crippen molar-refractivity contribution >= 4 is 17.5 Å². The van der Waals surface area contributed by atoms with Gasteiger partial charge in [-0.3, -0.25) is 14.6 Å². The van der Waals surface area contributed by atoms with Crippen molar-refractivity contribution in [3.8, 4) is 29.1 Å². The van der Waals surface area contributed by atoms with Crippen molar-refractivity contribution in [2.24, 2.45) is 0 Å². The van der Waals surface area contributed by atoms with Crippen LogP contribution in [0.1, 0.15) is 35.3 Å². The zero-order chi connectivity index (χ0) is 26.0. The third kappa shape index (κ3) is 5.22. The largest absolute Gasteiger partial charge is 0.489 e. The van der Waals surface area contributed by atoms with Crippen LogP contribution >= 0.6 is 0 Å². The summed E-state index contributed by atoms with van der Waals surface area (Å²) in [6.45, 7) is -0.0935. The zero-order valence-electron chi connectivity index (χ0n) is 19.9. The molecule has 2 N–H and O–H groups in total. The molecule has 0 bridgehead atoms. The Hall–Kier alpha value is -4.49. The van der Waals surface area contributed by atoms with Gasteiger partial charge in [0.2, 0.25) is 0 Å². The minimum atomic E-state index is -0.989. The highest BCUT2D eigenvalue weighted by atomic mass is 19.1. The van der Waals surface area contributed by atoms with E-state index in [1.54, 1.807) is 25.2 Å². The second-order valence-corrected chi connectivity index (χ2v) is 8.82. The molecule has 0 radical (unpaired) electrons. The van der Waals surface area contributed by atoms with Gasteiger partial charge in [-0.1, -0.05) is 11.8 Å². The molecular formula is C27H23FN4O5. The molecule has 1 aliphatic heterocycles. The summed E-state index contributed by atoms with van der Waals surface area (Å²) in [6, 6.07) is 9.92. The molecule has 0 unspecified atom stereocenters. The van der Waals surface area contributed by atoms with E-state index in [1.165, 1.54) is 41.6 Å². The smallest absolute Gasteiger partial charge is 0.270 e. The van der Waals surface area contributed by atoms with E-state index in [4.69, 9.17) is 9.47 Å². The molecular weight excluding hydrogens is 479 g/mol. The molecule has 1 fully saturated rings. The number of amides is 2. The van der Waals surface area contributed by atoms with Crippen LogP contribution in [0, 0.1) is 17.8 Å². The van der Waals surface area contributed by atoms with Crippen LogP contribution in [-0.2, 0) is 4.79 Å². The molecule has 5 rings (SSSR count). The maximum atomic E-state index is 13.8. The van der Waals surface area contributed by atoms with Gasteiger partial charge in [-0.2, -0.15) is 4.39 Å². The Morgan fingerprint density at radius 2 is 2.08 bits per heavy atom. The van der Waals surface area contributed by atoms with Crippen molar-refractivity contribution in [1.82, 2.24) is 15.3 Å². The molecule has 37 heavy (non-hydrogen) atoms. The fourth-order valence-electron chi connectivity index (χ4n) is 3.91.